The Labute approximate surface area is 101 Å². The number of nitrogens with one attached hydrogen (secondary N) is 1. The predicted molar refractivity (Wildman–Crippen MR) is 69.6 cm³/mol. The summed E-state index contributed by atoms with van der Waals surface area (Å²) < 4.78 is 0. The van der Waals surface area contributed by atoms with E-state index in [1.54, 1.807) is 0 Å². The molecule has 0 bridgehead atoms. The molecule has 1 saturated heterocycles. The van der Waals surface area contributed by atoms with Crippen molar-refractivity contribution in [1.29, 1.82) is 0 Å². The molecule has 1 saturated carbocycles. The fraction of sp³-hybridized carbons (Fsp3) is 1.00. The average molecular weight is 224 g/mol. The number of hydrogen-bond donors (Lipinski definition) is 1. The van der Waals surface area contributed by atoms with Gasteiger partial charge in [0.15, 0.2) is 0 Å². The number of piperazine rings is 1. The van der Waals surface area contributed by atoms with Crippen LogP contribution in [0.2, 0.25) is 0 Å². The molecule has 94 valence electrons. The molecule has 0 aromatic carbocycles. The maximum atomic E-state index is 3.73. The van der Waals surface area contributed by atoms with Crippen LogP contribution in [0.3, 0.4) is 0 Å². The Bertz CT molecular complexity index is 211. The first-order chi connectivity index (χ1) is 7.70. The Morgan fingerprint density at radius 3 is 2.62 bits per heavy atom. The fourth-order valence-corrected chi connectivity index (χ4v) is 2.94. The van der Waals surface area contributed by atoms with Crippen molar-refractivity contribution in [3.63, 3.8) is 0 Å². The van der Waals surface area contributed by atoms with E-state index in [9.17, 15) is 0 Å². The molecule has 2 unspecified atom stereocenters. The summed E-state index contributed by atoms with van der Waals surface area (Å²) in [5.41, 5.74) is 0. The van der Waals surface area contributed by atoms with Gasteiger partial charge in [-0.1, -0.05) is 27.2 Å². The number of hydrogen-bond acceptors (Lipinski definition) is 2. The fourth-order valence-electron chi connectivity index (χ4n) is 2.94. The van der Waals surface area contributed by atoms with E-state index >= 15 is 0 Å². The molecule has 16 heavy (non-hydrogen) atoms. The van der Waals surface area contributed by atoms with Crippen LogP contribution in [0.4, 0.5) is 0 Å². The summed E-state index contributed by atoms with van der Waals surface area (Å²) in [6.45, 7) is 10.9. The van der Waals surface area contributed by atoms with E-state index in [4.69, 9.17) is 0 Å². The normalized spacial score (nSPS) is 32.2. The van der Waals surface area contributed by atoms with E-state index in [0.717, 1.165) is 23.9 Å². The van der Waals surface area contributed by atoms with Crippen LogP contribution in [0.25, 0.3) is 0 Å². The van der Waals surface area contributed by atoms with Gasteiger partial charge in [-0.15, -0.1) is 0 Å². The largest absolute Gasteiger partial charge is 0.311 e. The lowest BCUT2D eigenvalue weighted by Gasteiger charge is -2.42. The molecule has 2 atom stereocenters. The predicted octanol–water partition coefficient (Wildman–Crippen LogP) is 2.49. The Kier molecular flexibility index (Phi) is 4.26. The number of rotatable bonds is 5. The molecule has 2 heteroatoms. The molecule has 0 radical (unpaired) electrons. The van der Waals surface area contributed by atoms with Crippen molar-refractivity contribution in [2.45, 2.75) is 58.5 Å². The quantitative estimate of drug-likeness (QED) is 0.772. The van der Waals surface area contributed by atoms with E-state index in [2.05, 4.69) is 31.0 Å². The van der Waals surface area contributed by atoms with Gasteiger partial charge in [0.2, 0.25) is 0 Å². The zero-order chi connectivity index (χ0) is 11.5. The molecule has 2 aliphatic rings. The Morgan fingerprint density at radius 1 is 1.31 bits per heavy atom. The summed E-state index contributed by atoms with van der Waals surface area (Å²) >= 11 is 0. The van der Waals surface area contributed by atoms with Gasteiger partial charge in [-0.3, -0.25) is 4.90 Å². The summed E-state index contributed by atoms with van der Waals surface area (Å²) in [5, 5.41) is 3.73. The van der Waals surface area contributed by atoms with Crippen LogP contribution in [0.15, 0.2) is 0 Å². The Morgan fingerprint density at radius 2 is 2.06 bits per heavy atom. The standard InChI is InChI=1S/C14H28N2/c1-4-5-13-10-16(9-12-6-7-12)14(8-15-13)11(2)3/h11-15H,4-10H2,1-3H3. The molecule has 1 heterocycles. The molecule has 2 nitrogen and oxygen atoms in total. The minimum atomic E-state index is 0.749. The average Bonchev–Trinajstić information content (AvgIpc) is 3.02. The highest BCUT2D eigenvalue weighted by Gasteiger charge is 2.33. The molecule has 0 aromatic rings. The molecule has 1 aliphatic carbocycles. The van der Waals surface area contributed by atoms with Gasteiger partial charge in [0.1, 0.15) is 0 Å². The lowest BCUT2D eigenvalue weighted by Crippen LogP contribution is -2.58. The Hall–Kier alpha value is -0.0800. The van der Waals surface area contributed by atoms with Gasteiger partial charge in [-0.25, -0.2) is 0 Å². The van der Waals surface area contributed by atoms with Gasteiger partial charge in [-0.05, 0) is 31.1 Å². The minimum absolute atomic E-state index is 0.749. The maximum absolute atomic E-state index is 3.73. The van der Waals surface area contributed by atoms with Crippen LogP contribution in [-0.2, 0) is 0 Å². The molecule has 2 rings (SSSR count). The molecular formula is C14H28N2. The van der Waals surface area contributed by atoms with E-state index in [0.29, 0.717) is 0 Å². The Balaban J connectivity index is 1.88. The smallest absolute Gasteiger partial charge is 0.0244 e. The van der Waals surface area contributed by atoms with E-state index in [-0.39, 0.29) is 0 Å². The van der Waals surface area contributed by atoms with Crippen molar-refractivity contribution in [1.82, 2.24) is 10.2 Å². The first-order valence-electron chi connectivity index (χ1n) is 7.18. The van der Waals surface area contributed by atoms with Crippen LogP contribution < -0.4 is 5.32 Å². The van der Waals surface area contributed by atoms with Crippen LogP contribution in [0.5, 0.6) is 0 Å². The van der Waals surface area contributed by atoms with Gasteiger partial charge in [0, 0.05) is 31.7 Å². The number of nitrogens with zero attached hydrogens (tertiary/aromatic N) is 1. The first kappa shape index (κ1) is 12.4. The molecule has 0 amide bonds. The van der Waals surface area contributed by atoms with Gasteiger partial charge < -0.3 is 5.32 Å². The molecule has 2 fully saturated rings. The lowest BCUT2D eigenvalue weighted by molar-refractivity contribution is 0.0909. The van der Waals surface area contributed by atoms with Crippen molar-refractivity contribution in [3.05, 3.63) is 0 Å². The zero-order valence-electron chi connectivity index (χ0n) is 11.2. The SMILES string of the molecule is CCCC1CN(CC2CC2)C(C(C)C)CN1. The van der Waals surface area contributed by atoms with Crippen LogP contribution in [-0.4, -0.2) is 36.6 Å². The first-order valence-corrected chi connectivity index (χ1v) is 7.18. The highest BCUT2D eigenvalue weighted by atomic mass is 15.2. The summed E-state index contributed by atoms with van der Waals surface area (Å²) in [4.78, 5) is 2.78. The van der Waals surface area contributed by atoms with Crippen molar-refractivity contribution >= 4 is 0 Å². The second-order valence-electron chi connectivity index (χ2n) is 6.10. The third-order valence-electron chi connectivity index (χ3n) is 4.14. The van der Waals surface area contributed by atoms with Crippen molar-refractivity contribution < 1.29 is 0 Å². The van der Waals surface area contributed by atoms with Crippen LogP contribution >= 0.6 is 0 Å². The van der Waals surface area contributed by atoms with Crippen molar-refractivity contribution in [3.8, 4) is 0 Å². The minimum Gasteiger partial charge on any atom is -0.311 e. The van der Waals surface area contributed by atoms with Gasteiger partial charge in [0.25, 0.3) is 0 Å². The summed E-state index contributed by atoms with van der Waals surface area (Å²) in [6, 6.07) is 1.52. The molecular weight excluding hydrogens is 196 g/mol. The summed E-state index contributed by atoms with van der Waals surface area (Å²) in [6.07, 6.45) is 5.60. The monoisotopic (exact) mass is 224 g/mol. The van der Waals surface area contributed by atoms with Crippen molar-refractivity contribution in [2.75, 3.05) is 19.6 Å². The lowest BCUT2D eigenvalue weighted by atomic mass is 9.96. The van der Waals surface area contributed by atoms with Crippen LogP contribution in [0.1, 0.15) is 46.5 Å². The van der Waals surface area contributed by atoms with E-state index < -0.39 is 0 Å². The van der Waals surface area contributed by atoms with Crippen molar-refractivity contribution in [2.24, 2.45) is 11.8 Å². The second kappa shape index (κ2) is 5.50. The molecule has 1 aliphatic heterocycles. The maximum Gasteiger partial charge on any atom is 0.0244 e. The molecule has 0 aromatic heterocycles. The van der Waals surface area contributed by atoms with E-state index in [1.807, 2.05) is 0 Å². The summed E-state index contributed by atoms with van der Waals surface area (Å²) in [7, 11) is 0. The summed E-state index contributed by atoms with van der Waals surface area (Å²) in [5.74, 6) is 1.82. The molecule has 0 spiro atoms. The molecule has 1 N–H and O–H groups in total. The topological polar surface area (TPSA) is 15.3 Å². The highest BCUT2D eigenvalue weighted by molar-refractivity contribution is 4.90. The zero-order valence-corrected chi connectivity index (χ0v) is 11.2. The van der Waals surface area contributed by atoms with Gasteiger partial charge in [0.05, 0.1) is 0 Å². The van der Waals surface area contributed by atoms with E-state index in [1.165, 1.54) is 45.3 Å². The van der Waals surface area contributed by atoms with Gasteiger partial charge in [-0.2, -0.15) is 0 Å². The second-order valence-corrected chi connectivity index (χ2v) is 6.10. The van der Waals surface area contributed by atoms with Crippen LogP contribution in [0, 0.1) is 11.8 Å². The van der Waals surface area contributed by atoms with Gasteiger partial charge >= 0.3 is 0 Å². The third-order valence-corrected chi connectivity index (χ3v) is 4.14. The third kappa shape index (κ3) is 3.21. The highest BCUT2D eigenvalue weighted by Crippen LogP contribution is 2.31.